The van der Waals surface area contributed by atoms with Gasteiger partial charge in [-0.25, -0.2) is 0 Å². The molecule has 1 saturated heterocycles. The van der Waals surface area contributed by atoms with Gasteiger partial charge < -0.3 is 5.32 Å². The number of nitrogens with one attached hydrogen (secondary N) is 1. The largest absolute Gasteiger partial charge is 0.352 e. The summed E-state index contributed by atoms with van der Waals surface area (Å²) < 4.78 is 0. The summed E-state index contributed by atoms with van der Waals surface area (Å²) in [5.74, 6) is 0.876. The molecule has 0 spiro atoms. The molecule has 20 heavy (non-hydrogen) atoms. The van der Waals surface area contributed by atoms with Gasteiger partial charge in [-0.3, -0.25) is 9.69 Å². The fourth-order valence-corrected chi connectivity index (χ4v) is 3.15. The highest BCUT2D eigenvalue weighted by Gasteiger charge is 2.26. The number of benzene rings is 1. The standard InChI is InChI=1S/C17H24N2O/c1-13-4-2-3-5-16(13)14-8-10-19(11-9-14)12-17(20)18-15-6-7-15/h2-5,14-15H,6-12H2,1H3,(H,18,20). The van der Waals surface area contributed by atoms with E-state index in [0.717, 1.165) is 13.1 Å². The summed E-state index contributed by atoms with van der Waals surface area (Å²) in [6.45, 7) is 4.86. The fourth-order valence-electron chi connectivity index (χ4n) is 3.15. The SMILES string of the molecule is Cc1ccccc1C1CCN(CC(=O)NC2CC2)CC1. The number of nitrogens with zero attached hydrogens (tertiary/aromatic N) is 1. The normalized spacial score (nSPS) is 20.9. The van der Waals surface area contributed by atoms with E-state index in [4.69, 9.17) is 0 Å². The molecule has 1 aromatic carbocycles. The van der Waals surface area contributed by atoms with Crippen molar-refractivity contribution in [1.82, 2.24) is 10.2 Å². The molecule has 1 saturated carbocycles. The highest BCUT2D eigenvalue weighted by Crippen LogP contribution is 2.29. The van der Waals surface area contributed by atoms with Crippen molar-refractivity contribution in [1.29, 1.82) is 0 Å². The van der Waals surface area contributed by atoms with E-state index in [0.29, 0.717) is 18.5 Å². The number of piperidine rings is 1. The summed E-state index contributed by atoms with van der Waals surface area (Å²) in [7, 11) is 0. The summed E-state index contributed by atoms with van der Waals surface area (Å²) in [4.78, 5) is 14.1. The van der Waals surface area contributed by atoms with Crippen LogP contribution in [0, 0.1) is 6.92 Å². The third-order valence-corrected chi connectivity index (χ3v) is 4.53. The van der Waals surface area contributed by atoms with E-state index >= 15 is 0 Å². The van der Waals surface area contributed by atoms with Crippen molar-refractivity contribution in [2.24, 2.45) is 0 Å². The van der Waals surface area contributed by atoms with Gasteiger partial charge >= 0.3 is 0 Å². The van der Waals surface area contributed by atoms with Gasteiger partial charge in [-0.15, -0.1) is 0 Å². The van der Waals surface area contributed by atoms with E-state index < -0.39 is 0 Å². The second-order valence-corrected chi connectivity index (χ2v) is 6.25. The molecular weight excluding hydrogens is 248 g/mol. The number of hydrogen-bond donors (Lipinski definition) is 1. The molecule has 0 aromatic heterocycles. The summed E-state index contributed by atoms with van der Waals surface area (Å²) in [5.41, 5.74) is 2.90. The third-order valence-electron chi connectivity index (χ3n) is 4.53. The average Bonchev–Trinajstić information content (AvgIpc) is 3.24. The molecule has 2 aliphatic rings. The predicted octanol–water partition coefficient (Wildman–Crippen LogP) is 2.45. The highest BCUT2D eigenvalue weighted by molar-refractivity contribution is 5.78. The minimum atomic E-state index is 0.210. The molecule has 3 heteroatoms. The van der Waals surface area contributed by atoms with Crippen molar-refractivity contribution < 1.29 is 4.79 Å². The average molecular weight is 272 g/mol. The number of carbonyl (C=O) groups excluding carboxylic acids is 1. The van der Waals surface area contributed by atoms with Crippen LogP contribution in [-0.2, 0) is 4.79 Å². The minimum Gasteiger partial charge on any atom is -0.352 e. The van der Waals surface area contributed by atoms with Gasteiger partial charge in [0, 0.05) is 6.04 Å². The Labute approximate surface area is 121 Å². The monoisotopic (exact) mass is 272 g/mol. The molecule has 1 amide bonds. The number of rotatable bonds is 4. The van der Waals surface area contributed by atoms with E-state index in [-0.39, 0.29) is 5.91 Å². The van der Waals surface area contributed by atoms with Crippen molar-refractivity contribution in [3.63, 3.8) is 0 Å². The Hall–Kier alpha value is -1.35. The summed E-state index contributed by atoms with van der Waals surface area (Å²) in [6.07, 6.45) is 4.67. The third kappa shape index (κ3) is 3.40. The van der Waals surface area contributed by atoms with Crippen molar-refractivity contribution in [2.45, 2.75) is 44.6 Å². The first kappa shape index (κ1) is 13.6. The Kier molecular flexibility index (Phi) is 4.06. The molecule has 1 aliphatic heterocycles. The molecule has 1 heterocycles. The molecule has 1 aliphatic carbocycles. The van der Waals surface area contributed by atoms with Crippen LogP contribution < -0.4 is 5.32 Å². The zero-order chi connectivity index (χ0) is 13.9. The first-order chi connectivity index (χ1) is 9.72. The molecule has 1 N–H and O–H groups in total. The van der Waals surface area contributed by atoms with Crippen LogP contribution in [0.5, 0.6) is 0 Å². The fraction of sp³-hybridized carbons (Fsp3) is 0.588. The zero-order valence-electron chi connectivity index (χ0n) is 12.3. The molecule has 0 radical (unpaired) electrons. The molecule has 0 bridgehead atoms. The van der Waals surface area contributed by atoms with Gasteiger partial charge in [-0.1, -0.05) is 24.3 Å². The summed E-state index contributed by atoms with van der Waals surface area (Å²) >= 11 is 0. The molecule has 0 atom stereocenters. The van der Waals surface area contributed by atoms with Crippen molar-refractivity contribution in [2.75, 3.05) is 19.6 Å². The van der Waals surface area contributed by atoms with E-state index in [1.54, 1.807) is 0 Å². The van der Waals surface area contributed by atoms with Crippen molar-refractivity contribution in [3.05, 3.63) is 35.4 Å². The Bertz CT molecular complexity index is 474. The quantitative estimate of drug-likeness (QED) is 0.913. The minimum absolute atomic E-state index is 0.210. The van der Waals surface area contributed by atoms with Gasteiger partial charge in [0.2, 0.25) is 5.91 Å². The van der Waals surface area contributed by atoms with E-state index in [2.05, 4.69) is 41.4 Å². The number of aryl methyl sites for hydroxylation is 1. The number of hydrogen-bond acceptors (Lipinski definition) is 2. The lowest BCUT2D eigenvalue weighted by Gasteiger charge is -2.32. The zero-order valence-corrected chi connectivity index (χ0v) is 12.3. The van der Waals surface area contributed by atoms with Gasteiger partial charge in [0.1, 0.15) is 0 Å². The maximum Gasteiger partial charge on any atom is 0.234 e. The van der Waals surface area contributed by atoms with Crippen LogP contribution in [0.4, 0.5) is 0 Å². The van der Waals surface area contributed by atoms with Gasteiger partial charge in [-0.05, 0) is 62.7 Å². The first-order valence-electron chi connectivity index (χ1n) is 7.79. The second kappa shape index (κ2) is 5.96. The van der Waals surface area contributed by atoms with Gasteiger partial charge in [0.05, 0.1) is 6.54 Å². The maximum absolute atomic E-state index is 11.8. The van der Waals surface area contributed by atoms with Crippen LogP contribution >= 0.6 is 0 Å². The lowest BCUT2D eigenvalue weighted by Crippen LogP contribution is -2.41. The molecule has 2 fully saturated rings. The van der Waals surface area contributed by atoms with E-state index in [9.17, 15) is 4.79 Å². The molecule has 3 nitrogen and oxygen atoms in total. The lowest BCUT2D eigenvalue weighted by atomic mass is 9.87. The smallest absolute Gasteiger partial charge is 0.234 e. The van der Waals surface area contributed by atoms with Crippen LogP contribution in [0.15, 0.2) is 24.3 Å². The topological polar surface area (TPSA) is 32.3 Å². The molecule has 1 aromatic rings. The highest BCUT2D eigenvalue weighted by atomic mass is 16.2. The lowest BCUT2D eigenvalue weighted by molar-refractivity contribution is -0.122. The molecule has 0 unspecified atom stereocenters. The van der Waals surface area contributed by atoms with Crippen molar-refractivity contribution in [3.8, 4) is 0 Å². The van der Waals surface area contributed by atoms with Crippen molar-refractivity contribution >= 4 is 5.91 Å². The van der Waals surface area contributed by atoms with Gasteiger partial charge in [0.15, 0.2) is 0 Å². The van der Waals surface area contributed by atoms with Crippen LogP contribution in [0.25, 0.3) is 0 Å². The first-order valence-corrected chi connectivity index (χ1v) is 7.79. The summed E-state index contributed by atoms with van der Waals surface area (Å²) in [6, 6.07) is 9.18. The van der Waals surface area contributed by atoms with E-state index in [1.165, 1.54) is 36.8 Å². The maximum atomic E-state index is 11.8. The Morgan fingerprint density at radius 2 is 1.90 bits per heavy atom. The van der Waals surface area contributed by atoms with Gasteiger partial charge in [0.25, 0.3) is 0 Å². The Morgan fingerprint density at radius 3 is 2.55 bits per heavy atom. The second-order valence-electron chi connectivity index (χ2n) is 6.25. The van der Waals surface area contributed by atoms with Crippen LogP contribution in [0.2, 0.25) is 0 Å². The number of carbonyl (C=O) groups is 1. The molecular formula is C17H24N2O. The van der Waals surface area contributed by atoms with Crippen LogP contribution in [0.3, 0.4) is 0 Å². The Morgan fingerprint density at radius 1 is 1.20 bits per heavy atom. The van der Waals surface area contributed by atoms with Crippen LogP contribution in [-0.4, -0.2) is 36.5 Å². The van der Waals surface area contributed by atoms with E-state index in [1.807, 2.05) is 0 Å². The Balaban J connectivity index is 1.49. The van der Waals surface area contributed by atoms with Gasteiger partial charge in [-0.2, -0.15) is 0 Å². The predicted molar refractivity (Wildman–Crippen MR) is 80.8 cm³/mol. The van der Waals surface area contributed by atoms with Crippen LogP contribution in [0.1, 0.15) is 42.7 Å². The number of likely N-dealkylation sites (tertiary alicyclic amines) is 1. The number of amides is 1. The summed E-state index contributed by atoms with van der Waals surface area (Å²) in [5, 5.41) is 3.07. The molecule has 3 rings (SSSR count). The molecule has 108 valence electrons.